The molecule has 1 aromatic rings. The van der Waals surface area contributed by atoms with Gasteiger partial charge in [-0.25, -0.2) is 4.98 Å². The van der Waals surface area contributed by atoms with Gasteiger partial charge in [0.05, 0.1) is 5.69 Å². The quantitative estimate of drug-likeness (QED) is 0.539. The molecule has 0 unspecified atom stereocenters. The molecule has 0 N–H and O–H groups in total. The molecular weight excluding hydrogens is 158 g/mol. The van der Waals surface area contributed by atoms with Crippen molar-refractivity contribution >= 4 is 17.7 Å². The standard InChI is InChI=1S/C9H8ClN/c1-6-4-7-2-3-9(10)11-8(7)5-6/h2-3,5H,4H2,1H3. The highest BCUT2D eigenvalue weighted by Gasteiger charge is 2.09. The van der Waals surface area contributed by atoms with Gasteiger partial charge >= 0.3 is 0 Å². The van der Waals surface area contributed by atoms with Gasteiger partial charge in [-0.1, -0.05) is 23.2 Å². The Hall–Kier alpha value is -0.820. The van der Waals surface area contributed by atoms with E-state index in [0.29, 0.717) is 5.15 Å². The summed E-state index contributed by atoms with van der Waals surface area (Å²) in [5.74, 6) is 0. The predicted octanol–water partition coefficient (Wildman–Crippen LogP) is 2.69. The monoisotopic (exact) mass is 165 g/mol. The van der Waals surface area contributed by atoms with Crippen LogP contribution in [-0.2, 0) is 6.42 Å². The van der Waals surface area contributed by atoms with Gasteiger partial charge in [0.2, 0.25) is 0 Å². The zero-order valence-corrected chi connectivity index (χ0v) is 7.02. The van der Waals surface area contributed by atoms with Crippen molar-refractivity contribution in [1.29, 1.82) is 0 Å². The maximum Gasteiger partial charge on any atom is 0.129 e. The highest BCUT2D eigenvalue weighted by molar-refractivity contribution is 6.29. The van der Waals surface area contributed by atoms with E-state index in [1.165, 1.54) is 11.1 Å². The van der Waals surface area contributed by atoms with Crippen LogP contribution in [0.25, 0.3) is 6.08 Å². The summed E-state index contributed by atoms with van der Waals surface area (Å²) in [5.41, 5.74) is 3.68. The van der Waals surface area contributed by atoms with E-state index >= 15 is 0 Å². The van der Waals surface area contributed by atoms with Crippen LogP contribution in [0.2, 0.25) is 5.15 Å². The fourth-order valence-corrected chi connectivity index (χ4v) is 1.49. The van der Waals surface area contributed by atoms with Gasteiger partial charge in [0.1, 0.15) is 5.15 Å². The third kappa shape index (κ3) is 1.16. The molecule has 56 valence electrons. The first-order valence-corrected chi connectivity index (χ1v) is 3.96. The summed E-state index contributed by atoms with van der Waals surface area (Å²) in [7, 11) is 0. The van der Waals surface area contributed by atoms with Gasteiger partial charge in [-0.15, -0.1) is 0 Å². The highest BCUT2D eigenvalue weighted by atomic mass is 35.5. The summed E-state index contributed by atoms with van der Waals surface area (Å²) in [6.07, 6.45) is 3.11. The lowest BCUT2D eigenvalue weighted by molar-refractivity contribution is 1.16. The Morgan fingerprint density at radius 2 is 2.27 bits per heavy atom. The second kappa shape index (κ2) is 2.35. The zero-order valence-electron chi connectivity index (χ0n) is 6.26. The van der Waals surface area contributed by atoms with E-state index in [4.69, 9.17) is 11.6 Å². The van der Waals surface area contributed by atoms with Crippen LogP contribution in [0, 0.1) is 0 Å². The van der Waals surface area contributed by atoms with Crippen LogP contribution >= 0.6 is 11.6 Å². The van der Waals surface area contributed by atoms with Crippen LogP contribution in [0.5, 0.6) is 0 Å². The first-order chi connectivity index (χ1) is 5.25. The molecule has 1 aromatic heterocycles. The maximum atomic E-state index is 5.73. The minimum Gasteiger partial charge on any atom is -0.236 e. The molecule has 2 heteroatoms. The van der Waals surface area contributed by atoms with Gasteiger partial charge in [-0.05, 0) is 31.1 Å². The summed E-state index contributed by atoms with van der Waals surface area (Å²) in [5, 5.41) is 0.578. The number of hydrogen-bond acceptors (Lipinski definition) is 1. The lowest BCUT2D eigenvalue weighted by Crippen LogP contribution is -1.85. The van der Waals surface area contributed by atoms with Crippen LogP contribution in [0.4, 0.5) is 0 Å². The zero-order chi connectivity index (χ0) is 7.84. The van der Waals surface area contributed by atoms with E-state index in [1.54, 1.807) is 0 Å². The molecule has 0 amide bonds. The molecule has 0 aromatic carbocycles. The molecule has 0 radical (unpaired) electrons. The molecule has 0 saturated heterocycles. The fourth-order valence-electron chi connectivity index (χ4n) is 1.34. The minimum atomic E-state index is 0.578. The fraction of sp³-hybridized carbons (Fsp3) is 0.222. The minimum absolute atomic E-state index is 0.578. The van der Waals surface area contributed by atoms with Crippen molar-refractivity contribution in [2.45, 2.75) is 13.3 Å². The smallest absolute Gasteiger partial charge is 0.129 e. The average molecular weight is 166 g/mol. The van der Waals surface area contributed by atoms with E-state index in [0.717, 1.165) is 12.1 Å². The lowest BCUT2D eigenvalue weighted by Gasteiger charge is -1.95. The largest absolute Gasteiger partial charge is 0.236 e. The summed E-state index contributed by atoms with van der Waals surface area (Å²) < 4.78 is 0. The van der Waals surface area contributed by atoms with Crippen molar-refractivity contribution in [1.82, 2.24) is 4.98 Å². The summed E-state index contributed by atoms with van der Waals surface area (Å²) in [4.78, 5) is 4.19. The molecule has 0 saturated carbocycles. The van der Waals surface area contributed by atoms with E-state index in [1.807, 2.05) is 12.1 Å². The van der Waals surface area contributed by atoms with Crippen LogP contribution < -0.4 is 0 Å². The molecule has 1 aliphatic carbocycles. The van der Waals surface area contributed by atoms with Gasteiger partial charge in [0.15, 0.2) is 0 Å². The van der Waals surface area contributed by atoms with Crippen LogP contribution in [0.15, 0.2) is 17.7 Å². The molecule has 0 bridgehead atoms. The number of nitrogens with zero attached hydrogens (tertiary/aromatic N) is 1. The molecule has 1 heterocycles. The molecule has 2 rings (SSSR count). The van der Waals surface area contributed by atoms with E-state index in [9.17, 15) is 0 Å². The molecule has 0 spiro atoms. The summed E-state index contributed by atoms with van der Waals surface area (Å²) in [6, 6.07) is 3.88. The number of halogens is 1. The predicted molar refractivity (Wildman–Crippen MR) is 46.6 cm³/mol. The molecular formula is C9H8ClN. The second-order valence-corrected chi connectivity index (χ2v) is 3.23. The van der Waals surface area contributed by atoms with Crippen molar-refractivity contribution in [3.8, 4) is 0 Å². The van der Waals surface area contributed by atoms with Gasteiger partial charge in [0, 0.05) is 0 Å². The molecule has 1 aliphatic rings. The number of aromatic nitrogens is 1. The van der Waals surface area contributed by atoms with Gasteiger partial charge in [0.25, 0.3) is 0 Å². The summed E-state index contributed by atoms with van der Waals surface area (Å²) >= 11 is 5.73. The topological polar surface area (TPSA) is 12.9 Å². The van der Waals surface area contributed by atoms with Crippen molar-refractivity contribution in [2.24, 2.45) is 0 Å². The van der Waals surface area contributed by atoms with Crippen LogP contribution in [-0.4, -0.2) is 4.98 Å². The van der Waals surface area contributed by atoms with Gasteiger partial charge in [-0.2, -0.15) is 0 Å². The van der Waals surface area contributed by atoms with Crippen LogP contribution in [0.1, 0.15) is 18.2 Å². The Morgan fingerprint density at radius 3 is 3.09 bits per heavy atom. The Labute approximate surface area is 70.7 Å². The van der Waals surface area contributed by atoms with Gasteiger partial charge < -0.3 is 0 Å². The molecule has 1 nitrogen and oxygen atoms in total. The Bertz CT molecular complexity index is 328. The third-order valence-corrected chi connectivity index (χ3v) is 2.04. The number of allylic oxidation sites excluding steroid dienone is 1. The molecule has 0 atom stereocenters. The SMILES string of the molecule is CC1=Cc2nc(Cl)ccc2C1. The Kier molecular flexibility index (Phi) is 1.46. The van der Waals surface area contributed by atoms with E-state index in [-0.39, 0.29) is 0 Å². The lowest BCUT2D eigenvalue weighted by atomic mass is 10.2. The Morgan fingerprint density at radius 1 is 1.45 bits per heavy atom. The first-order valence-electron chi connectivity index (χ1n) is 3.58. The maximum absolute atomic E-state index is 5.73. The average Bonchev–Trinajstić information content (AvgIpc) is 2.27. The summed E-state index contributed by atoms with van der Waals surface area (Å²) in [6.45, 7) is 2.11. The van der Waals surface area contributed by atoms with E-state index < -0.39 is 0 Å². The van der Waals surface area contributed by atoms with E-state index in [2.05, 4.69) is 18.0 Å². The van der Waals surface area contributed by atoms with Crippen molar-refractivity contribution in [3.05, 3.63) is 34.1 Å². The molecule has 0 fully saturated rings. The third-order valence-electron chi connectivity index (χ3n) is 1.83. The molecule has 0 aliphatic heterocycles. The molecule has 11 heavy (non-hydrogen) atoms. The number of fused-ring (bicyclic) bond motifs is 1. The van der Waals surface area contributed by atoms with Crippen molar-refractivity contribution < 1.29 is 0 Å². The highest BCUT2D eigenvalue weighted by Crippen LogP contribution is 2.23. The first kappa shape index (κ1) is 6.86. The number of hydrogen-bond donors (Lipinski definition) is 0. The Balaban J connectivity index is 2.54. The number of pyridine rings is 1. The number of rotatable bonds is 0. The van der Waals surface area contributed by atoms with Gasteiger partial charge in [-0.3, -0.25) is 0 Å². The second-order valence-electron chi connectivity index (χ2n) is 2.85. The van der Waals surface area contributed by atoms with Crippen molar-refractivity contribution in [3.63, 3.8) is 0 Å². The van der Waals surface area contributed by atoms with Crippen LogP contribution in [0.3, 0.4) is 0 Å². The normalized spacial score (nSPS) is 14.5. The van der Waals surface area contributed by atoms with Crippen molar-refractivity contribution in [2.75, 3.05) is 0 Å².